The minimum atomic E-state index is -0.585. The molecule has 3 nitrogen and oxygen atoms in total. The number of rotatable bonds is 4. The van der Waals surface area contributed by atoms with Crippen LogP contribution in [-0.4, -0.2) is 18.3 Å². The second-order valence-corrected chi connectivity index (χ2v) is 7.54. The van der Waals surface area contributed by atoms with Crippen molar-refractivity contribution in [1.82, 2.24) is 0 Å². The average Bonchev–Trinajstić information content (AvgIpc) is 2.75. The van der Waals surface area contributed by atoms with Gasteiger partial charge in [-0.05, 0) is 46.2 Å². The topological polar surface area (TPSA) is 27.7 Å². The van der Waals surface area contributed by atoms with Crippen molar-refractivity contribution >= 4 is 12.6 Å². The van der Waals surface area contributed by atoms with E-state index < -0.39 is 18.3 Å². The highest BCUT2D eigenvalue weighted by Crippen LogP contribution is 2.37. The molecule has 0 radical (unpaired) electrons. The fourth-order valence-corrected chi connectivity index (χ4v) is 2.64. The summed E-state index contributed by atoms with van der Waals surface area (Å²) in [7, 11) is -0.585. The van der Waals surface area contributed by atoms with Crippen LogP contribution in [0.2, 0.25) is 0 Å². The molecule has 0 aliphatic carbocycles. The standard InChI is InChI=1S/C20H24BFO3/c1-14-6-8-15(9-7-14)13-23-18-12-16(22)10-11-17(18)21-24-19(2,3)20(4,5)25-21/h6-12H,13H2,1-5H3. The zero-order valence-electron chi connectivity index (χ0n) is 15.4. The highest BCUT2D eigenvalue weighted by atomic mass is 19.1. The average molecular weight is 342 g/mol. The molecular weight excluding hydrogens is 318 g/mol. The summed E-state index contributed by atoms with van der Waals surface area (Å²) >= 11 is 0. The summed E-state index contributed by atoms with van der Waals surface area (Å²) < 4.78 is 31.8. The molecular formula is C20H24BFO3. The van der Waals surface area contributed by atoms with Gasteiger partial charge >= 0.3 is 7.12 Å². The van der Waals surface area contributed by atoms with E-state index in [1.807, 2.05) is 58.9 Å². The van der Waals surface area contributed by atoms with Gasteiger partial charge in [0.1, 0.15) is 18.2 Å². The molecule has 5 heteroatoms. The molecule has 0 spiro atoms. The van der Waals surface area contributed by atoms with Crippen LogP contribution in [0.1, 0.15) is 38.8 Å². The van der Waals surface area contributed by atoms with Gasteiger partial charge in [-0.2, -0.15) is 0 Å². The summed E-state index contributed by atoms with van der Waals surface area (Å²) in [5.41, 5.74) is 2.00. The molecule has 132 valence electrons. The molecule has 3 rings (SSSR count). The Labute approximate surface area is 149 Å². The smallest absolute Gasteiger partial charge is 0.489 e. The van der Waals surface area contributed by atoms with Crippen molar-refractivity contribution in [2.24, 2.45) is 0 Å². The van der Waals surface area contributed by atoms with Crippen LogP contribution in [0, 0.1) is 12.7 Å². The summed E-state index contributed by atoms with van der Waals surface area (Å²) in [6.07, 6.45) is 0. The summed E-state index contributed by atoms with van der Waals surface area (Å²) in [4.78, 5) is 0. The molecule has 25 heavy (non-hydrogen) atoms. The first-order valence-corrected chi connectivity index (χ1v) is 8.51. The zero-order valence-corrected chi connectivity index (χ0v) is 15.4. The first-order valence-electron chi connectivity index (χ1n) is 8.51. The third-order valence-corrected chi connectivity index (χ3v) is 5.00. The Kier molecular flexibility index (Phi) is 4.65. The lowest BCUT2D eigenvalue weighted by Gasteiger charge is -2.32. The van der Waals surface area contributed by atoms with Gasteiger partial charge < -0.3 is 14.0 Å². The number of ether oxygens (including phenoxy) is 1. The highest BCUT2D eigenvalue weighted by molar-refractivity contribution is 6.63. The molecule has 1 saturated heterocycles. The van der Waals surface area contributed by atoms with Gasteiger partial charge in [-0.15, -0.1) is 0 Å². The lowest BCUT2D eigenvalue weighted by atomic mass is 9.78. The Bertz CT molecular complexity index is 740. The molecule has 2 aromatic carbocycles. The van der Waals surface area contributed by atoms with E-state index in [0.29, 0.717) is 17.8 Å². The van der Waals surface area contributed by atoms with Gasteiger partial charge in [0.2, 0.25) is 0 Å². The van der Waals surface area contributed by atoms with Crippen molar-refractivity contribution in [2.45, 2.75) is 52.4 Å². The molecule has 0 N–H and O–H groups in total. The number of halogens is 1. The summed E-state index contributed by atoms with van der Waals surface area (Å²) in [5, 5.41) is 0. The molecule has 0 bridgehead atoms. The third-order valence-electron chi connectivity index (χ3n) is 5.00. The predicted octanol–water partition coefficient (Wildman–Crippen LogP) is 4.01. The second-order valence-electron chi connectivity index (χ2n) is 7.54. The molecule has 0 unspecified atom stereocenters. The summed E-state index contributed by atoms with van der Waals surface area (Å²) in [6, 6.07) is 12.5. The van der Waals surface area contributed by atoms with Crippen LogP contribution < -0.4 is 10.2 Å². The summed E-state index contributed by atoms with van der Waals surface area (Å²) in [5.74, 6) is 0.0956. The normalized spacial score (nSPS) is 18.4. The Hall–Kier alpha value is -1.85. The van der Waals surface area contributed by atoms with Gasteiger partial charge in [0, 0.05) is 11.5 Å². The van der Waals surface area contributed by atoms with Crippen LogP contribution in [-0.2, 0) is 15.9 Å². The van der Waals surface area contributed by atoms with Crippen LogP contribution in [0.4, 0.5) is 4.39 Å². The van der Waals surface area contributed by atoms with Crippen LogP contribution >= 0.6 is 0 Å². The fourth-order valence-electron chi connectivity index (χ4n) is 2.64. The predicted molar refractivity (Wildman–Crippen MR) is 97.6 cm³/mol. The molecule has 1 aliphatic heterocycles. The van der Waals surface area contributed by atoms with Crippen molar-refractivity contribution in [2.75, 3.05) is 0 Å². The Balaban J connectivity index is 1.83. The van der Waals surface area contributed by atoms with E-state index in [4.69, 9.17) is 14.0 Å². The van der Waals surface area contributed by atoms with Crippen LogP contribution in [0.3, 0.4) is 0 Å². The van der Waals surface area contributed by atoms with Gasteiger partial charge in [0.25, 0.3) is 0 Å². The zero-order chi connectivity index (χ0) is 18.2. The van der Waals surface area contributed by atoms with Crippen molar-refractivity contribution in [3.8, 4) is 5.75 Å². The quantitative estimate of drug-likeness (QED) is 0.786. The largest absolute Gasteiger partial charge is 0.498 e. The van der Waals surface area contributed by atoms with Crippen LogP contribution in [0.5, 0.6) is 5.75 Å². The summed E-state index contributed by atoms with van der Waals surface area (Å²) in [6.45, 7) is 10.4. The Morgan fingerprint density at radius 1 is 0.960 bits per heavy atom. The number of hydrogen-bond acceptors (Lipinski definition) is 3. The lowest BCUT2D eigenvalue weighted by molar-refractivity contribution is 0.00578. The van der Waals surface area contributed by atoms with Gasteiger partial charge in [0.15, 0.2) is 0 Å². The molecule has 1 fully saturated rings. The number of aryl methyl sites for hydroxylation is 1. The van der Waals surface area contributed by atoms with Crippen molar-refractivity contribution in [3.63, 3.8) is 0 Å². The van der Waals surface area contributed by atoms with Crippen molar-refractivity contribution in [1.29, 1.82) is 0 Å². The second kappa shape index (κ2) is 6.47. The van der Waals surface area contributed by atoms with Crippen LogP contribution in [0.25, 0.3) is 0 Å². The number of benzene rings is 2. The SMILES string of the molecule is Cc1ccc(COc2cc(F)ccc2B2OC(C)(C)C(C)(C)O2)cc1. The van der Waals surface area contributed by atoms with E-state index in [1.165, 1.54) is 17.7 Å². The molecule has 0 amide bonds. The van der Waals surface area contributed by atoms with Gasteiger partial charge in [-0.25, -0.2) is 4.39 Å². The minimum Gasteiger partial charge on any atom is -0.489 e. The van der Waals surface area contributed by atoms with E-state index in [2.05, 4.69) is 0 Å². The molecule has 1 heterocycles. The monoisotopic (exact) mass is 342 g/mol. The van der Waals surface area contributed by atoms with E-state index >= 15 is 0 Å². The van der Waals surface area contributed by atoms with Gasteiger partial charge in [-0.3, -0.25) is 0 Å². The lowest BCUT2D eigenvalue weighted by Crippen LogP contribution is -2.41. The maximum absolute atomic E-state index is 13.8. The maximum Gasteiger partial charge on any atom is 0.498 e. The Morgan fingerprint density at radius 3 is 2.16 bits per heavy atom. The van der Waals surface area contributed by atoms with E-state index in [1.54, 1.807) is 6.07 Å². The van der Waals surface area contributed by atoms with E-state index in [9.17, 15) is 4.39 Å². The fraction of sp³-hybridized carbons (Fsp3) is 0.400. The van der Waals surface area contributed by atoms with Crippen molar-refractivity contribution in [3.05, 3.63) is 59.4 Å². The Morgan fingerprint density at radius 2 is 1.56 bits per heavy atom. The molecule has 0 saturated carbocycles. The first kappa shape index (κ1) is 18.0. The van der Waals surface area contributed by atoms with Crippen molar-refractivity contribution < 1.29 is 18.4 Å². The molecule has 2 aromatic rings. The van der Waals surface area contributed by atoms with Gasteiger partial charge in [0.05, 0.1) is 11.2 Å². The van der Waals surface area contributed by atoms with Gasteiger partial charge in [-0.1, -0.05) is 35.9 Å². The number of hydrogen-bond donors (Lipinski definition) is 0. The van der Waals surface area contributed by atoms with E-state index in [-0.39, 0.29) is 5.82 Å². The molecule has 0 atom stereocenters. The first-order chi connectivity index (χ1) is 11.7. The van der Waals surface area contributed by atoms with E-state index in [0.717, 1.165) is 5.56 Å². The molecule has 0 aromatic heterocycles. The minimum absolute atomic E-state index is 0.348. The molecule has 1 aliphatic rings. The third kappa shape index (κ3) is 3.72. The maximum atomic E-state index is 13.8. The van der Waals surface area contributed by atoms with Crippen LogP contribution in [0.15, 0.2) is 42.5 Å². The highest BCUT2D eigenvalue weighted by Gasteiger charge is 2.52.